The molecule has 0 unspecified atom stereocenters. The lowest BCUT2D eigenvalue weighted by atomic mass is 9.86. The van der Waals surface area contributed by atoms with Gasteiger partial charge in [-0.05, 0) is 11.8 Å². The van der Waals surface area contributed by atoms with Gasteiger partial charge in [0.15, 0.2) is 6.61 Å². The summed E-state index contributed by atoms with van der Waals surface area (Å²) < 4.78 is 4.61. The standard InChI is InChI=1S/C12H21N2O5/c1-12(2,3)10(11(18)19-7-9(16)17)14-8(15)5-4-6-13/h6,10H,4-5,7,13H2,1-3H3,(H,14,15)(H,16,17)/t10-/m1/s1. The molecule has 109 valence electrons. The Morgan fingerprint density at radius 2 is 1.95 bits per heavy atom. The van der Waals surface area contributed by atoms with Crippen molar-refractivity contribution in [3.63, 3.8) is 0 Å². The van der Waals surface area contributed by atoms with Crippen LogP contribution in [-0.4, -0.2) is 35.6 Å². The third-order valence-electron chi connectivity index (χ3n) is 2.28. The van der Waals surface area contributed by atoms with E-state index in [1.165, 1.54) is 6.54 Å². The minimum atomic E-state index is -1.25. The lowest BCUT2D eigenvalue weighted by Gasteiger charge is -2.29. The molecule has 0 rings (SSSR count). The predicted octanol–water partition coefficient (Wildman–Crippen LogP) is 0.0458. The van der Waals surface area contributed by atoms with Gasteiger partial charge in [0, 0.05) is 13.0 Å². The van der Waals surface area contributed by atoms with Crippen LogP contribution in [0.1, 0.15) is 33.6 Å². The first-order valence-corrected chi connectivity index (χ1v) is 5.89. The fraction of sp³-hybridized carbons (Fsp3) is 0.667. The zero-order valence-electron chi connectivity index (χ0n) is 11.4. The Balaban J connectivity index is 4.60. The number of rotatable bonds is 7. The molecule has 0 fully saturated rings. The van der Waals surface area contributed by atoms with Gasteiger partial charge in [0.2, 0.25) is 5.91 Å². The number of nitrogens with one attached hydrogen (secondary N) is 1. The first-order valence-electron chi connectivity index (χ1n) is 5.89. The highest BCUT2D eigenvalue weighted by Crippen LogP contribution is 2.20. The van der Waals surface area contributed by atoms with Crippen LogP contribution in [0, 0.1) is 12.0 Å². The zero-order chi connectivity index (χ0) is 15.1. The van der Waals surface area contributed by atoms with Crippen molar-refractivity contribution in [1.82, 2.24) is 5.32 Å². The molecule has 0 aliphatic rings. The number of carboxylic acids is 1. The third-order valence-corrected chi connectivity index (χ3v) is 2.28. The van der Waals surface area contributed by atoms with Gasteiger partial charge in [0.1, 0.15) is 6.04 Å². The maximum absolute atomic E-state index is 11.8. The molecule has 0 spiro atoms. The highest BCUT2D eigenvalue weighted by atomic mass is 16.6. The number of carbonyl (C=O) groups is 3. The van der Waals surface area contributed by atoms with Crippen LogP contribution in [-0.2, 0) is 19.1 Å². The van der Waals surface area contributed by atoms with Crippen LogP contribution >= 0.6 is 0 Å². The van der Waals surface area contributed by atoms with E-state index in [1.54, 1.807) is 20.8 Å². The monoisotopic (exact) mass is 273 g/mol. The summed E-state index contributed by atoms with van der Waals surface area (Å²) in [6, 6.07) is -0.905. The molecule has 0 aliphatic heterocycles. The minimum absolute atomic E-state index is 0.162. The van der Waals surface area contributed by atoms with Crippen LogP contribution in [0.5, 0.6) is 0 Å². The van der Waals surface area contributed by atoms with Gasteiger partial charge in [-0.15, -0.1) is 0 Å². The van der Waals surface area contributed by atoms with Gasteiger partial charge < -0.3 is 20.9 Å². The van der Waals surface area contributed by atoms with Crippen LogP contribution < -0.4 is 11.1 Å². The Kier molecular flexibility index (Phi) is 7.06. The second-order valence-electron chi connectivity index (χ2n) is 5.14. The number of carboxylic acid groups (broad SMARTS) is 1. The summed E-state index contributed by atoms with van der Waals surface area (Å²) in [6.45, 7) is 5.87. The van der Waals surface area contributed by atoms with E-state index in [9.17, 15) is 14.4 Å². The molecule has 1 atom stereocenters. The van der Waals surface area contributed by atoms with E-state index in [0.717, 1.165) is 0 Å². The summed E-state index contributed by atoms with van der Waals surface area (Å²) in [6.07, 6.45) is 0.558. The van der Waals surface area contributed by atoms with Gasteiger partial charge >= 0.3 is 11.9 Å². The highest BCUT2D eigenvalue weighted by Gasteiger charge is 2.34. The van der Waals surface area contributed by atoms with Crippen LogP contribution in [0.15, 0.2) is 0 Å². The molecular weight excluding hydrogens is 252 g/mol. The number of hydrogen-bond acceptors (Lipinski definition) is 5. The number of ether oxygens (including phenoxy) is 1. The Labute approximate surface area is 112 Å². The largest absolute Gasteiger partial charge is 0.479 e. The van der Waals surface area contributed by atoms with Crippen molar-refractivity contribution in [2.24, 2.45) is 11.1 Å². The van der Waals surface area contributed by atoms with E-state index in [-0.39, 0.29) is 12.3 Å². The van der Waals surface area contributed by atoms with Crippen molar-refractivity contribution >= 4 is 17.8 Å². The molecule has 19 heavy (non-hydrogen) atoms. The zero-order valence-corrected chi connectivity index (χ0v) is 11.4. The molecule has 0 aromatic carbocycles. The molecule has 1 amide bonds. The number of aliphatic carboxylic acids is 1. The van der Waals surface area contributed by atoms with Crippen molar-refractivity contribution in [3.05, 3.63) is 6.54 Å². The van der Waals surface area contributed by atoms with Crippen molar-refractivity contribution in [2.75, 3.05) is 6.61 Å². The van der Waals surface area contributed by atoms with E-state index in [2.05, 4.69) is 10.1 Å². The smallest absolute Gasteiger partial charge is 0.341 e. The van der Waals surface area contributed by atoms with Gasteiger partial charge in [-0.25, -0.2) is 9.59 Å². The van der Waals surface area contributed by atoms with E-state index in [0.29, 0.717) is 6.42 Å². The fourth-order valence-corrected chi connectivity index (χ4v) is 1.29. The number of esters is 1. The summed E-state index contributed by atoms with van der Waals surface area (Å²) in [5.74, 6) is -2.35. The van der Waals surface area contributed by atoms with Gasteiger partial charge in [0.25, 0.3) is 0 Å². The summed E-state index contributed by atoms with van der Waals surface area (Å²) in [5, 5.41) is 11.0. The maximum Gasteiger partial charge on any atom is 0.341 e. The topological polar surface area (TPSA) is 119 Å². The average Bonchev–Trinajstić information content (AvgIpc) is 2.28. The quantitative estimate of drug-likeness (QED) is 0.564. The van der Waals surface area contributed by atoms with E-state index in [4.69, 9.17) is 10.8 Å². The minimum Gasteiger partial charge on any atom is -0.479 e. The fourth-order valence-electron chi connectivity index (χ4n) is 1.29. The Morgan fingerprint density at radius 1 is 1.37 bits per heavy atom. The SMILES string of the molecule is CC(C)(C)[C@H](NC(=O)CC[CH]N)C(=O)OCC(=O)O. The molecule has 0 saturated heterocycles. The Hall–Kier alpha value is -1.63. The van der Waals surface area contributed by atoms with Crippen LogP contribution in [0.3, 0.4) is 0 Å². The number of nitrogens with two attached hydrogens (primary N) is 1. The van der Waals surface area contributed by atoms with Crippen LogP contribution in [0.4, 0.5) is 0 Å². The third kappa shape index (κ3) is 7.40. The molecule has 0 aromatic rings. The molecule has 0 heterocycles. The summed E-state index contributed by atoms with van der Waals surface area (Å²) in [5.41, 5.74) is 4.59. The Bertz CT molecular complexity index is 336. The number of carbonyl (C=O) groups excluding carboxylic acids is 2. The van der Waals surface area contributed by atoms with Gasteiger partial charge in [-0.1, -0.05) is 20.8 Å². The first-order chi connectivity index (χ1) is 8.68. The predicted molar refractivity (Wildman–Crippen MR) is 67.7 cm³/mol. The molecule has 0 aromatic heterocycles. The second-order valence-corrected chi connectivity index (χ2v) is 5.14. The van der Waals surface area contributed by atoms with Crippen LogP contribution in [0.2, 0.25) is 0 Å². The van der Waals surface area contributed by atoms with E-state index in [1.807, 2.05) is 0 Å². The highest BCUT2D eigenvalue weighted by molar-refractivity contribution is 5.86. The normalized spacial score (nSPS) is 12.6. The lowest BCUT2D eigenvalue weighted by Crippen LogP contribution is -2.50. The molecular formula is C12H21N2O5. The number of amides is 1. The van der Waals surface area contributed by atoms with Gasteiger partial charge in [0.05, 0.1) is 0 Å². The van der Waals surface area contributed by atoms with Crippen molar-refractivity contribution in [2.45, 2.75) is 39.7 Å². The molecule has 7 nitrogen and oxygen atoms in total. The average molecular weight is 273 g/mol. The van der Waals surface area contributed by atoms with Crippen molar-refractivity contribution in [3.8, 4) is 0 Å². The molecule has 1 radical (unpaired) electrons. The molecule has 0 saturated carbocycles. The molecule has 4 N–H and O–H groups in total. The summed E-state index contributed by atoms with van der Waals surface area (Å²) in [4.78, 5) is 33.7. The maximum atomic E-state index is 11.8. The molecule has 7 heteroatoms. The first kappa shape index (κ1) is 17.4. The van der Waals surface area contributed by atoms with Crippen LogP contribution in [0.25, 0.3) is 0 Å². The second kappa shape index (κ2) is 7.73. The van der Waals surface area contributed by atoms with Crippen molar-refractivity contribution in [1.29, 1.82) is 0 Å². The van der Waals surface area contributed by atoms with Crippen molar-refractivity contribution < 1.29 is 24.2 Å². The van der Waals surface area contributed by atoms with E-state index < -0.39 is 30.0 Å². The summed E-state index contributed by atoms with van der Waals surface area (Å²) >= 11 is 0. The Morgan fingerprint density at radius 3 is 2.37 bits per heavy atom. The molecule has 0 bridgehead atoms. The molecule has 0 aliphatic carbocycles. The van der Waals surface area contributed by atoms with Gasteiger partial charge in [-0.2, -0.15) is 0 Å². The number of hydrogen-bond donors (Lipinski definition) is 3. The summed E-state index contributed by atoms with van der Waals surface area (Å²) in [7, 11) is 0. The van der Waals surface area contributed by atoms with E-state index >= 15 is 0 Å². The van der Waals surface area contributed by atoms with Gasteiger partial charge in [-0.3, -0.25) is 4.79 Å². The lowest BCUT2D eigenvalue weighted by molar-refractivity contribution is -0.159.